The first kappa shape index (κ1) is 81.0. The molecule has 3 N–H and O–H groups in total. The summed E-state index contributed by atoms with van der Waals surface area (Å²) in [6, 6.07) is -8.50. The zero-order valence-corrected chi connectivity index (χ0v) is 63.5. The number of rotatable bonds is 11. The Balaban J connectivity index is 1.09. The Morgan fingerprint density at radius 2 is 1.29 bits per heavy atom. The molecule has 1 aromatic carbocycles. The van der Waals surface area contributed by atoms with Gasteiger partial charge < -0.3 is 64.8 Å². The third-order valence-corrected chi connectivity index (χ3v) is 24.5. The van der Waals surface area contributed by atoms with E-state index in [1.807, 2.05) is 20.8 Å². The van der Waals surface area contributed by atoms with Crippen molar-refractivity contribution in [2.75, 3.05) is 75.1 Å². The van der Waals surface area contributed by atoms with Gasteiger partial charge in [0.05, 0.1) is 48.8 Å². The Morgan fingerprint density at radius 3 is 1.88 bits per heavy atom. The Bertz CT molecular complexity index is 3330. The van der Waals surface area contributed by atoms with Crippen molar-refractivity contribution in [2.45, 2.75) is 267 Å². The van der Waals surface area contributed by atoms with Crippen LogP contribution in [0.15, 0.2) is 18.2 Å². The number of fused-ring (bicyclic) bond motifs is 4. The molecule has 2 unspecified atom stereocenters. The van der Waals surface area contributed by atoms with Gasteiger partial charge in [-0.25, -0.2) is 0 Å². The molecule has 104 heavy (non-hydrogen) atoms. The highest BCUT2D eigenvalue weighted by molar-refractivity contribution is 6.31. The van der Waals surface area contributed by atoms with Crippen molar-refractivity contribution in [3.05, 3.63) is 34.3 Å². The van der Waals surface area contributed by atoms with Crippen LogP contribution in [0.4, 0.5) is 13.2 Å². The predicted octanol–water partition coefficient (Wildman–Crippen LogP) is 5.94. The highest BCUT2D eigenvalue weighted by Crippen LogP contribution is 2.40. The van der Waals surface area contributed by atoms with Crippen molar-refractivity contribution in [2.24, 2.45) is 23.7 Å². The van der Waals surface area contributed by atoms with E-state index in [9.17, 15) is 32.3 Å². The van der Waals surface area contributed by atoms with Crippen molar-refractivity contribution in [1.82, 2.24) is 60.0 Å². The van der Waals surface area contributed by atoms with Gasteiger partial charge in [-0.15, -0.1) is 0 Å². The quantitative estimate of drug-likeness (QED) is 0.232. The molecule has 1 spiro atoms. The second-order valence-corrected chi connectivity index (χ2v) is 32.0. The van der Waals surface area contributed by atoms with Gasteiger partial charge in [-0.3, -0.25) is 57.5 Å². The molecule has 1 aromatic rings. The van der Waals surface area contributed by atoms with Crippen LogP contribution in [0.25, 0.3) is 0 Å². The summed E-state index contributed by atoms with van der Waals surface area (Å²) in [5.41, 5.74) is -2.35. The Hall–Kier alpha value is -7.10. The number of nitrogens with zero attached hydrogens (tertiary/aromatic N) is 9. The Kier molecular flexibility index (Phi) is 27.0. The van der Waals surface area contributed by atoms with Gasteiger partial charge in [0.25, 0.3) is 0 Å². The van der Waals surface area contributed by atoms with Crippen LogP contribution in [-0.4, -0.2) is 262 Å². The SMILES string of the molecule is CC[C@H](C)[C@@H]1NC(=O)[C@H](CC(C)C)N(C)C(=O)C[C@@H](C(=O)N2C3CCC2COC3)N(C)C(=O)[C@H](C2CCCC2)N(C)C(=O)C2(CCCC2)NC(=O)[C@@H]2CCCN2C(=O)[C@H](CCc2ccc(C(F)(F)F)c(Cl)c2)NC(=O)CN(C)C(=O)[C@H](CC2CCCCC2)N(C)C(=O)[C@@H]2CCN2C(=O)[C@H](C)N(C)C1=O. The molecule has 8 aliphatic rings. The number of hydrogen-bond acceptors (Lipinski definition) is 13. The molecule has 3 aliphatic carbocycles. The third-order valence-electron chi connectivity index (χ3n) is 24.2. The molecule has 0 aromatic heterocycles. The van der Waals surface area contributed by atoms with Crippen LogP contribution in [-0.2, 0) is 74.9 Å². The number of halogens is 4. The van der Waals surface area contributed by atoms with Gasteiger partial charge in [-0.05, 0) is 132 Å². The Labute approximate surface area is 615 Å². The van der Waals surface area contributed by atoms with Gasteiger partial charge in [-0.1, -0.05) is 110 Å². The van der Waals surface area contributed by atoms with Crippen molar-refractivity contribution in [3.8, 4) is 0 Å². The molecule has 25 nitrogen and oxygen atoms in total. The lowest BCUT2D eigenvalue weighted by Gasteiger charge is -2.45. The number of aryl methyl sites for hydroxylation is 1. The van der Waals surface area contributed by atoms with E-state index in [1.165, 1.54) is 89.6 Å². The van der Waals surface area contributed by atoms with E-state index >= 15 is 38.4 Å². The van der Waals surface area contributed by atoms with E-state index in [4.69, 9.17) is 16.3 Å². The van der Waals surface area contributed by atoms with Crippen molar-refractivity contribution < 1.29 is 75.4 Å². The Morgan fingerprint density at radius 1 is 0.654 bits per heavy atom. The maximum atomic E-state index is 15.9. The average Bonchev–Trinajstić information content (AvgIpc) is 1.32. The van der Waals surface area contributed by atoms with Crippen molar-refractivity contribution >= 4 is 82.5 Å². The highest BCUT2D eigenvalue weighted by Gasteiger charge is 2.53. The normalized spacial score (nSPS) is 29.9. The highest BCUT2D eigenvalue weighted by atomic mass is 35.5. The minimum Gasteiger partial charge on any atom is -0.377 e. The van der Waals surface area contributed by atoms with E-state index in [1.54, 1.807) is 11.8 Å². The molecular weight excluding hydrogens is 1370 g/mol. The van der Waals surface area contributed by atoms with Gasteiger partial charge >= 0.3 is 6.18 Å². The van der Waals surface area contributed by atoms with E-state index in [2.05, 4.69) is 16.0 Å². The van der Waals surface area contributed by atoms with Gasteiger partial charge in [0.1, 0.15) is 59.9 Å². The summed E-state index contributed by atoms with van der Waals surface area (Å²) < 4.78 is 47.7. The summed E-state index contributed by atoms with van der Waals surface area (Å²) in [4.78, 5) is 194. The molecule has 5 heterocycles. The summed E-state index contributed by atoms with van der Waals surface area (Å²) in [5.74, 6) is -8.57. The summed E-state index contributed by atoms with van der Waals surface area (Å²) >= 11 is 6.18. The van der Waals surface area contributed by atoms with Crippen molar-refractivity contribution in [3.63, 3.8) is 0 Å². The third kappa shape index (κ3) is 18.0. The van der Waals surface area contributed by atoms with Crippen molar-refractivity contribution in [1.29, 1.82) is 0 Å². The molecule has 3 saturated carbocycles. The number of morpholine rings is 1. The fourth-order valence-electron chi connectivity index (χ4n) is 17.4. The molecule has 29 heteroatoms. The number of carbonyl (C=O) groups is 12. The smallest absolute Gasteiger partial charge is 0.377 e. The average molecular weight is 1480 g/mol. The van der Waals surface area contributed by atoms with E-state index < -0.39 is 172 Å². The fourth-order valence-corrected chi connectivity index (χ4v) is 17.7. The number of ether oxygens (including phenoxy) is 1. The zero-order chi connectivity index (χ0) is 76.0. The number of alkyl halides is 3. The number of nitrogens with one attached hydrogen (secondary N) is 3. The van der Waals surface area contributed by atoms with E-state index in [0.717, 1.165) is 62.0 Å². The molecule has 578 valence electrons. The number of benzene rings is 1. The second-order valence-electron chi connectivity index (χ2n) is 31.6. The maximum Gasteiger partial charge on any atom is 0.417 e. The topological polar surface area (TPSA) is 279 Å². The van der Waals surface area contributed by atoms with Crippen LogP contribution < -0.4 is 16.0 Å². The molecule has 12 atom stereocenters. The first-order chi connectivity index (χ1) is 49.2. The van der Waals surface area contributed by atoms with Gasteiger partial charge in [-0.2, -0.15) is 13.2 Å². The number of amides is 12. The molecule has 5 aliphatic heterocycles. The largest absolute Gasteiger partial charge is 0.417 e. The van der Waals surface area contributed by atoms with Crippen LogP contribution in [0.5, 0.6) is 0 Å². The minimum absolute atomic E-state index is 0.0212. The molecular formula is C75H112ClF3N12O13. The summed E-state index contributed by atoms with van der Waals surface area (Å²) in [7, 11) is 8.75. The monoisotopic (exact) mass is 1480 g/mol. The predicted molar refractivity (Wildman–Crippen MR) is 380 cm³/mol. The second kappa shape index (κ2) is 34.6. The van der Waals surface area contributed by atoms with Gasteiger partial charge in [0.2, 0.25) is 70.9 Å². The summed E-state index contributed by atoms with van der Waals surface area (Å²) in [6.07, 6.45) is 5.38. The summed E-state index contributed by atoms with van der Waals surface area (Å²) in [5, 5.41) is 8.26. The molecule has 9 rings (SSSR count). The lowest BCUT2D eigenvalue weighted by molar-refractivity contribution is -0.160. The maximum absolute atomic E-state index is 15.9. The minimum atomic E-state index is -4.76. The first-order valence-corrected chi connectivity index (χ1v) is 38.4. The van der Waals surface area contributed by atoms with Gasteiger partial charge in [0.15, 0.2) is 0 Å². The standard InChI is InChI=1S/C75H112ClF3N12O13/c1-12-45(4)62-71(101)84(7)46(5)66(96)90-36-32-56(90)69(99)86(9)58(39-47-21-14-13-15-22-47)68(98)83(6)41-60(92)80-54(31-27-48-26-30-52(53(76)38-48)75(77,78)79)67(97)89-35-20-25-55(89)65(95)82-74(33-18-19-34-74)73(103)88(11)63(49-23-16-17-24-49)72(102)87(10)59(70(100)91-50-28-29-51(91)43-104-42-50)40-61(93)85(8)57(37-44(2)3)64(94)81-62/h26,30,38,44-47,49-51,54-59,62-63H,12-25,27-29,31-37,39-43H2,1-11H3,(H,80,92)(H,81,94)(H,82,95)/t45-,46-,50?,51?,54-,55-,56-,57-,58-,59-,62-,63-/m0/s1. The van der Waals surface area contributed by atoms with Gasteiger partial charge in [0, 0.05) is 55.4 Å². The number of hydrogen-bond donors (Lipinski definition) is 3. The van der Waals surface area contributed by atoms with Crippen LogP contribution in [0.3, 0.4) is 0 Å². The molecule has 12 amide bonds. The van der Waals surface area contributed by atoms with Crippen LogP contribution in [0.1, 0.15) is 193 Å². The molecule has 5 saturated heterocycles. The number of carbonyl (C=O) groups excluding carboxylic acids is 12. The van der Waals surface area contributed by atoms with Crippen LogP contribution in [0.2, 0.25) is 5.02 Å². The first-order valence-electron chi connectivity index (χ1n) is 38.1. The molecule has 0 radical (unpaired) electrons. The van der Waals surface area contributed by atoms with Crippen LogP contribution >= 0.6 is 11.6 Å². The van der Waals surface area contributed by atoms with Crippen LogP contribution in [0, 0.1) is 23.7 Å². The lowest BCUT2D eigenvalue weighted by Crippen LogP contribution is -2.65. The van der Waals surface area contributed by atoms with E-state index in [-0.39, 0.29) is 102 Å². The molecule has 2 bridgehead atoms. The zero-order valence-electron chi connectivity index (χ0n) is 62.7. The summed E-state index contributed by atoms with van der Waals surface area (Å²) in [6.45, 7) is 8.96. The van der Waals surface area contributed by atoms with E-state index in [0.29, 0.717) is 56.9 Å². The molecule has 8 fully saturated rings. The number of likely N-dealkylation sites (N-methyl/N-ethyl adjacent to an activating group) is 6. The fraction of sp³-hybridized carbons (Fsp3) is 0.760. The lowest BCUT2D eigenvalue weighted by atomic mass is 9.84.